The molecule has 0 unspecified atom stereocenters. The first-order valence-electron chi connectivity index (χ1n) is 4.92. The highest BCUT2D eigenvalue weighted by atomic mass is 16.3. The van der Waals surface area contributed by atoms with Gasteiger partial charge in [-0.05, 0) is 12.1 Å². The van der Waals surface area contributed by atoms with E-state index < -0.39 is 0 Å². The molecule has 0 radical (unpaired) electrons. The highest BCUT2D eigenvalue weighted by Gasteiger charge is 1.93. The standard InChI is InChI=1S/C6H6O.C3H6N6.2CH2O/c7-6-4-2-1-3-5-6;4-1-7-2(5)9-3(6)8-1;2*1-2/h1-5,7H;(H6,4,5,6,7,8,9);2*1H2. The lowest BCUT2D eigenvalue weighted by molar-refractivity contribution is -0.0987. The second kappa shape index (κ2) is 12.2. The third-order valence-electron chi connectivity index (χ3n) is 1.44. The number of benzene rings is 1. The van der Waals surface area contributed by atoms with E-state index in [0.29, 0.717) is 5.75 Å². The molecule has 0 aliphatic heterocycles. The molecule has 9 heteroatoms. The molecule has 0 saturated carbocycles. The fraction of sp³-hybridized carbons (Fsp3) is 0. The van der Waals surface area contributed by atoms with Crippen LogP contribution in [0.4, 0.5) is 17.8 Å². The van der Waals surface area contributed by atoms with E-state index in [1.165, 1.54) is 0 Å². The molecular weight excluding hydrogens is 264 g/mol. The molecule has 0 amide bonds. The first-order chi connectivity index (χ1) is 9.58. The number of aromatic nitrogens is 3. The van der Waals surface area contributed by atoms with E-state index in [9.17, 15) is 0 Å². The smallest absolute Gasteiger partial charge is 0.226 e. The molecular formula is C11H16N6O3. The Morgan fingerprint density at radius 3 is 1.25 bits per heavy atom. The van der Waals surface area contributed by atoms with Crippen LogP contribution >= 0.6 is 0 Å². The van der Waals surface area contributed by atoms with Gasteiger partial charge in [-0.15, -0.1) is 0 Å². The predicted octanol–water partition coefficient (Wildman–Crippen LogP) is -0.359. The van der Waals surface area contributed by atoms with Crippen LogP contribution in [0.3, 0.4) is 0 Å². The molecule has 0 aliphatic rings. The van der Waals surface area contributed by atoms with Gasteiger partial charge in [-0.3, -0.25) is 0 Å². The number of rotatable bonds is 0. The number of nitrogens with zero attached hydrogens (tertiary/aromatic N) is 3. The van der Waals surface area contributed by atoms with Crippen LogP contribution in [0.1, 0.15) is 0 Å². The number of anilines is 3. The summed E-state index contributed by atoms with van der Waals surface area (Å²) in [5.41, 5.74) is 15.4. The number of aromatic hydroxyl groups is 1. The molecule has 7 N–H and O–H groups in total. The maximum Gasteiger partial charge on any atom is 0.226 e. The van der Waals surface area contributed by atoms with Crippen molar-refractivity contribution in [3.05, 3.63) is 30.3 Å². The molecule has 1 heterocycles. The topological polar surface area (TPSA) is 171 Å². The summed E-state index contributed by atoms with van der Waals surface area (Å²) in [5, 5.41) is 8.63. The number of para-hydroxylation sites is 1. The summed E-state index contributed by atoms with van der Waals surface area (Å²) in [6.07, 6.45) is 0. The second-order valence-corrected chi connectivity index (χ2v) is 2.75. The van der Waals surface area contributed by atoms with Crippen molar-refractivity contribution in [2.75, 3.05) is 17.2 Å². The van der Waals surface area contributed by atoms with Crippen molar-refractivity contribution in [1.82, 2.24) is 15.0 Å². The number of hydrogen-bond donors (Lipinski definition) is 4. The van der Waals surface area contributed by atoms with E-state index in [-0.39, 0.29) is 17.8 Å². The highest BCUT2D eigenvalue weighted by molar-refractivity contribution is 5.33. The quantitative estimate of drug-likeness (QED) is 0.502. The Hall–Kier alpha value is -3.23. The van der Waals surface area contributed by atoms with Crippen LogP contribution < -0.4 is 17.2 Å². The minimum absolute atomic E-state index is 0.0417. The lowest BCUT2D eigenvalue weighted by Crippen LogP contribution is -2.05. The zero-order chi connectivity index (χ0) is 16.0. The minimum atomic E-state index is 0.0417. The summed E-state index contributed by atoms with van der Waals surface area (Å²) in [6, 6.07) is 8.71. The maximum absolute atomic E-state index is 8.63. The van der Waals surface area contributed by atoms with Crippen molar-refractivity contribution in [3.8, 4) is 5.75 Å². The van der Waals surface area contributed by atoms with Gasteiger partial charge in [0.25, 0.3) is 0 Å². The van der Waals surface area contributed by atoms with Crippen LogP contribution in [-0.2, 0) is 9.59 Å². The van der Waals surface area contributed by atoms with Gasteiger partial charge >= 0.3 is 0 Å². The molecule has 2 rings (SSSR count). The number of phenolic OH excluding ortho intramolecular Hbond substituents is 1. The first-order valence-corrected chi connectivity index (χ1v) is 4.92. The monoisotopic (exact) mass is 280 g/mol. The van der Waals surface area contributed by atoms with Crippen molar-refractivity contribution in [1.29, 1.82) is 0 Å². The van der Waals surface area contributed by atoms with E-state index in [1.54, 1.807) is 24.3 Å². The summed E-state index contributed by atoms with van der Waals surface area (Å²) in [5.74, 6) is 0.447. The number of carbonyl (C=O) groups is 2. The van der Waals surface area contributed by atoms with Gasteiger partial charge < -0.3 is 31.9 Å². The number of nitrogen functional groups attached to an aromatic ring is 3. The van der Waals surface area contributed by atoms with Crippen LogP contribution in [0.25, 0.3) is 0 Å². The van der Waals surface area contributed by atoms with Gasteiger partial charge in [-0.1, -0.05) is 18.2 Å². The average molecular weight is 280 g/mol. The number of carbonyl (C=O) groups excluding carboxylic acids is 2. The number of phenols is 1. The van der Waals surface area contributed by atoms with Gasteiger partial charge in [0.1, 0.15) is 19.3 Å². The SMILES string of the molecule is C=O.C=O.Nc1nc(N)nc(N)n1.Oc1ccccc1. The van der Waals surface area contributed by atoms with E-state index in [4.69, 9.17) is 31.9 Å². The molecule has 20 heavy (non-hydrogen) atoms. The predicted molar refractivity (Wildman–Crippen MR) is 75.4 cm³/mol. The van der Waals surface area contributed by atoms with Gasteiger partial charge in [0.15, 0.2) is 0 Å². The molecule has 0 bridgehead atoms. The minimum Gasteiger partial charge on any atom is -0.508 e. The fourth-order valence-corrected chi connectivity index (χ4v) is 0.855. The van der Waals surface area contributed by atoms with Crippen molar-refractivity contribution in [3.63, 3.8) is 0 Å². The van der Waals surface area contributed by atoms with Gasteiger partial charge in [0, 0.05) is 0 Å². The molecule has 0 aliphatic carbocycles. The van der Waals surface area contributed by atoms with E-state index in [0.717, 1.165) is 0 Å². The molecule has 0 saturated heterocycles. The molecule has 0 spiro atoms. The maximum atomic E-state index is 8.63. The van der Waals surface area contributed by atoms with Gasteiger partial charge in [0.2, 0.25) is 17.8 Å². The Balaban J connectivity index is 0. The van der Waals surface area contributed by atoms with Crippen LogP contribution in [0.5, 0.6) is 5.75 Å². The van der Waals surface area contributed by atoms with E-state index in [1.807, 2.05) is 19.6 Å². The van der Waals surface area contributed by atoms with Gasteiger partial charge in [-0.25, -0.2) is 0 Å². The van der Waals surface area contributed by atoms with Crippen LogP contribution in [0, 0.1) is 0 Å². The summed E-state index contributed by atoms with van der Waals surface area (Å²) in [7, 11) is 0. The van der Waals surface area contributed by atoms with Gasteiger partial charge in [0.05, 0.1) is 0 Å². The molecule has 1 aromatic heterocycles. The lowest BCUT2D eigenvalue weighted by Gasteiger charge is -1.93. The van der Waals surface area contributed by atoms with Crippen LogP contribution in [0.2, 0.25) is 0 Å². The average Bonchev–Trinajstić information content (AvgIpc) is 2.43. The second-order valence-electron chi connectivity index (χ2n) is 2.75. The fourth-order valence-electron chi connectivity index (χ4n) is 0.855. The van der Waals surface area contributed by atoms with E-state index in [2.05, 4.69) is 15.0 Å². The van der Waals surface area contributed by atoms with Crippen LogP contribution in [0.15, 0.2) is 30.3 Å². The molecule has 0 fully saturated rings. The Morgan fingerprint density at radius 2 is 1.05 bits per heavy atom. The Bertz CT molecular complexity index is 430. The van der Waals surface area contributed by atoms with Crippen LogP contribution in [-0.4, -0.2) is 33.6 Å². The summed E-state index contributed by atoms with van der Waals surface area (Å²) in [4.78, 5) is 26.5. The highest BCUT2D eigenvalue weighted by Crippen LogP contribution is 2.02. The van der Waals surface area contributed by atoms with Crippen molar-refractivity contribution in [2.45, 2.75) is 0 Å². The molecule has 1 aromatic carbocycles. The number of hydrogen-bond acceptors (Lipinski definition) is 9. The molecule has 108 valence electrons. The lowest BCUT2D eigenvalue weighted by atomic mass is 10.3. The van der Waals surface area contributed by atoms with Gasteiger partial charge in [-0.2, -0.15) is 15.0 Å². The normalized spacial score (nSPS) is 7.60. The van der Waals surface area contributed by atoms with Crippen molar-refractivity contribution >= 4 is 31.4 Å². The zero-order valence-electron chi connectivity index (χ0n) is 10.6. The zero-order valence-corrected chi connectivity index (χ0v) is 10.6. The van der Waals surface area contributed by atoms with Crippen molar-refractivity contribution in [2.24, 2.45) is 0 Å². The Morgan fingerprint density at radius 1 is 0.750 bits per heavy atom. The third kappa shape index (κ3) is 9.96. The third-order valence-corrected chi connectivity index (χ3v) is 1.44. The molecule has 0 atom stereocenters. The first kappa shape index (κ1) is 19.1. The van der Waals surface area contributed by atoms with E-state index >= 15 is 0 Å². The Kier molecular flexibility index (Phi) is 11.7. The van der Waals surface area contributed by atoms with Crippen molar-refractivity contribution < 1.29 is 14.7 Å². The largest absolute Gasteiger partial charge is 0.508 e. The summed E-state index contributed by atoms with van der Waals surface area (Å²) >= 11 is 0. The molecule has 9 nitrogen and oxygen atoms in total. The molecule has 2 aromatic rings. The Labute approximate surface area is 115 Å². The summed E-state index contributed by atoms with van der Waals surface area (Å²) in [6.45, 7) is 4.00. The number of nitrogens with two attached hydrogens (primary N) is 3. The summed E-state index contributed by atoms with van der Waals surface area (Å²) < 4.78 is 0.